The Bertz CT molecular complexity index is 515. The van der Waals surface area contributed by atoms with Gasteiger partial charge in [-0.2, -0.15) is 0 Å². The number of aliphatic hydroxyl groups is 1. The zero-order valence-corrected chi connectivity index (χ0v) is 13.4. The van der Waals surface area contributed by atoms with Gasteiger partial charge in [-0.25, -0.2) is 0 Å². The lowest BCUT2D eigenvalue weighted by atomic mass is 9.95. The van der Waals surface area contributed by atoms with Gasteiger partial charge in [0.25, 0.3) is 5.56 Å². The molecular formula is C14H21BrN2O3. The Morgan fingerprint density at radius 2 is 2.20 bits per heavy atom. The van der Waals surface area contributed by atoms with Gasteiger partial charge in [0.15, 0.2) is 0 Å². The van der Waals surface area contributed by atoms with Crippen LogP contribution in [0.25, 0.3) is 0 Å². The Balaban J connectivity index is 2.59. The van der Waals surface area contributed by atoms with Crippen molar-refractivity contribution in [3.8, 4) is 0 Å². The molecule has 1 unspecified atom stereocenters. The molecule has 0 saturated heterocycles. The predicted octanol–water partition coefficient (Wildman–Crippen LogP) is 1.67. The third kappa shape index (κ3) is 5.09. The highest BCUT2D eigenvalue weighted by molar-refractivity contribution is 9.10. The normalized spacial score (nSPS) is 13.8. The minimum atomic E-state index is -0.395. The number of carbonyl (C=O) groups is 1. The summed E-state index contributed by atoms with van der Waals surface area (Å²) in [5, 5.41) is 11.9. The number of hydrogen-bond donors (Lipinski definition) is 2. The van der Waals surface area contributed by atoms with Gasteiger partial charge < -0.3 is 15.0 Å². The van der Waals surface area contributed by atoms with Gasteiger partial charge in [-0.1, -0.05) is 6.92 Å². The molecule has 5 nitrogen and oxygen atoms in total. The molecule has 1 aromatic rings. The summed E-state index contributed by atoms with van der Waals surface area (Å²) in [6.45, 7) is 4.25. The van der Waals surface area contributed by atoms with Crippen molar-refractivity contribution in [2.75, 3.05) is 6.61 Å². The van der Waals surface area contributed by atoms with Crippen LogP contribution in [0.15, 0.2) is 27.6 Å². The second-order valence-corrected chi connectivity index (χ2v) is 5.98. The summed E-state index contributed by atoms with van der Waals surface area (Å²) in [6, 6.07) is 3.14. The first-order chi connectivity index (χ1) is 9.40. The zero-order chi connectivity index (χ0) is 15.2. The molecule has 1 aromatic heterocycles. The summed E-state index contributed by atoms with van der Waals surface area (Å²) in [5.74, 6) is -0.116. The van der Waals surface area contributed by atoms with E-state index in [0.717, 1.165) is 10.9 Å². The SMILES string of the molecule is CCC(C)(CCO)NC(=O)CCn1cc(Br)ccc1=O. The van der Waals surface area contributed by atoms with E-state index < -0.39 is 5.54 Å². The fourth-order valence-corrected chi connectivity index (χ4v) is 2.25. The van der Waals surface area contributed by atoms with Crippen LogP contribution in [-0.2, 0) is 11.3 Å². The molecule has 0 spiro atoms. The first kappa shape index (κ1) is 16.9. The number of pyridine rings is 1. The molecule has 0 aliphatic heterocycles. The van der Waals surface area contributed by atoms with Gasteiger partial charge in [0.05, 0.1) is 0 Å². The Kier molecular flexibility index (Phi) is 6.42. The van der Waals surface area contributed by atoms with E-state index in [4.69, 9.17) is 5.11 Å². The van der Waals surface area contributed by atoms with Crippen LogP contribution in [0.5, 0.6) is 0 Å². The Hall–Kier alpha value is -1.14. The number of hydrogen-bond acceptors (Lipinski definition) is 3. The molecule has 0 saturated carbocycles. The van der Waals surface area contributed by atoms with Crippen LogP contribution in [-0.4, -0.2) is 27.7 Å². The quantitative estimate of drug-likeness (QED) is 0.790. The summed E-state index contributed by atoms with van der Waals surface area (Å²) in [6.07, 6.45) is 3.17. The molecule has 112 valence electrons. The molecule has 0 bridgehead atoms. The van der Waals surface area contributed by atoms with E-state index in [1.165, 1.54) is 10.6 Å². The Labute approximate surface area is 127 Å². The van der Waals surface area contributed by atoms with Gasteiger partial charge in [-0.3, -0.25) is 9.59 Å². The lowest BCUT2D eigenvalue weighted by Crippen LogP contribution is -2.46. The van der Waals surface area contributed by atoms with Gasteiger partial charge in [0.1, 0.15) is 0 Å². The van der Waals surface area contributed by atoms with Gasteiger partial charge in [-0.05, 0) is 41.8 Å². The van der Waals surface area contributed by atoms with E-state index in [1.54, 1.807) is 12.3 Å². The summed E-state index contributed by atoms with van der Waals surface area (Å²) in [5.41, 5.74) is -0.525. The van der Waals surface area contributed by atoms with Crippen molar-refractivity contribution >= 4 is 21.8 Å². The Morgan fingerprint density at radius 3 is 2.80 bits per heavy atom. The summed E-state index contributed by atoms with van der Waals surface area (Å²) >= 11 is 3.30. The van der Waals surface area contributed by atoms with E-state index in [1.807, 2.05) is 13.8 Å². The molecule has 1 amide bonds. The highest BCUT2D eigenvalue weighted by atomic mass is 79.9. The number of halogens is 1. The fraction of sp³-hybridized carbons (Fsp3) is 0.571. The second-order valence-electron chi connectivity index (χ2n) is 5.06. The van der Waals surface area contributed by atoms with Crippen molar-refractivity contribution in [3.63, 3.8) is 0 Å². The van der Waals surface area contributed by atoms with E-state index in [2.05, 4.69) is 21.2 Å². The van der Waals surface area contributed by atoms with Crippen molar-refractivity contribution in [1.82, 2.24) is 9.88 Å². The molecule has 0 aliphatic rings. The number of aryl methyl sites for hydroxylation is 1. The maximum absolute atomic E-state index is 11.9. The van der Waals surface area contributed by atoms with Crippen LogP contribution in [0.4, 0.5) is 0 Å². The molecule has 1 atom stereocenters. The molecule has 6 heteroatoms. The monoisotopic (exact) mass is 344 g/mol. The number of aliphatic hydroxyl groups excluding tert-OH is 1. The zero-order valence-electron chi connectivity index (χ0n) is 11.9. The van der Waals surface area contributed by atoms with Crippen molar-refractivity contribution < 1.29 is 9.90 Å². The Morgan fingerprint density at radius 1 is 1.50 bits per heavy atom. The van der Waals surface area contributed by atoms with Crippen LogP contribution in [0.1, 0.15) is 33.1 Å². The summed E-state index contributed by atoms with van der Waals surface area (Å²) < 4.78 is 2.30. The molecule has 0 radical (unpaired) electrons. The maximum Gasteiger partial charge on any atom is 0.250 e. The van der Waals surface area contributed by atoms with Gasteiger partial charge in [0, 0.05) is 41.8 Å². The number of nitrogens with zero attached hydrogens (tertiary/aromatic N) is 1. The van der Waals surface area contributed by atoms with E-state index in [9.17, 15) is 9.59 Å². The summed E-state index contributed by atoms with van der Waals surface area (Å²) in [4.78, 5) is 23.5. The minimum Gasteiger partial charge on any atom is -0.396 e. The largest absolute Gasteiger partial charge is 0.396 e. The average molecular weight is 345 g/mol. The minimum absolute atomic E-state index is 0.0374. The number of aromatic nitrogens is 1. The van der Waals surface area contributed by atoms with Gasteiger partial charge in [-0.15, -0.1) is 0 Å². The molecular weight excluding hydrogens is 324 g/mol. The molecule has 2 N–H and O–H groups in total. The van der Waals surface area contributed by atoms with Gasteiger partial charge >= 0.3 is 0 Å². The highest BCUT2D eigenvalue weighted by Crippen LogP contribution is 2.14. The number of carbonyl (C=O) groups excluding carboxylic acids is 1. The highest BCUT2D eigenvalue weighted by Gasteiger charge is 2.23. The first-order valence-corrected chi connectivity index (χ1v) is 7.47. The second kappa shape index (κ2) is 7.59. The average Bonchev–Trinajstić information content (AvgIpc) is 2.40. The predicted molar refractivity (Wildman–Crippen MR) is 81.6 cm³/mol. The molecule has 0 aliphatic carbocycles. The standard InChI is InChI=1S/C14H21BrN2O3/c1-3-14(2,7-9-18)16-12(19)6-8-17-10-11(15)4-5-13(17)20/h4-5,10,18H,3,6-9H2,1-2H3,(H,16,19). The maximum atomic E-state index is 11.9. The van der Waals surface area contributed by atoms with Crippen LogP contribution >= 0.6 is 15.9 Å². The third-order valence-electron chi connectivity index (χ3n) is 3.41. The lowest BCUT2D eigenvalue weighted by molar-refractivity contribution is -0.123. The van der Waals surface area contributed by atoms with E-state index in [-0.39, 0.29) is 24.5 Å². The topological polar surface area (TPSA) is 71.3 Å². The molecule has 0 aromatic carbocycles. The van der Waals surface area contributed by atoms with Gasteiger partial charge in [0.2, 0.25) is 5.91 Å². The molecule has 0 fully saturated rings. The molecule has 20 heavy (non-hydrogen) atoms. The van der Waals surface area contributed by atoms with Crippen molar-refractivity contribution in [1.29, 1.82) is 0 Å². The number of nitrogens with one attached hydrogen (secondary N) is 1. The van der Waals surface area contributed by atoms with Crippen LogP contribution in [0.2, 0.25) is 0 Å². The van der Waals surface area contributed by atoms with Crippen molar-refractivity contribution in [3.05, 3.63) is 33.2 Å². The van der Waals surface area contributed by atoms with Crippen LogP contribution < -0.4 is 10.9 Å². The van der Waals surface area contributed by atoms with Crippen LogP contribution in [0.3, 0.4) is 0 Å². The summed E-state index contributed by atoms with van der Waals surface area (Å²) in [7, 11) is 0. The van der Waals surface area contributed by atoms with Crippen LogP contribution in [0, 0.1) is 0 Å². The van der Waals surface area contributed by atoms with Crippen molar-refractivity contribution in [2.45, 2.75) is 45.2 Å². The number of amides is 1. The molecule has 1 rings (SSSR count). The fourth-order valence-electron chi connectivity index (χ4n) is 1.87. The lowest BCUT2D eigenvalue weighted by Gasteiger charge is -2.29. The van der Waals surface area contributed by atoms with E-state index >= 15 is 0 Å². The van der Waals surface area contributed by atoms with Crippen molar-refractivity contribution in [2.24, 2.45) is 0 Å². The van der Waals surface area contributed by atoms with E-state index in [0.29, 0.717) is 13.0 Å². The number of rotatable bonds is 7. The first-order valence-electron chi connectivity index (χ1n) is 6.68. The smallest absolute Gasteiger partial charge is 0.250 e. The third-order valence-corrected chi connectivity index (χ3v) is 3.88. The molecule has 1 heterocycles.